The zero-order chi connectivity index (χ0) is 38.8. The molecule has 9 heteroatoms. The number of piperidine rings is 1. The molecular weight excluding hydrogens is 716 g/mol. The first kappa shape index (κ1) is 36.2. The SMILES string of the molecule is C=C1CC[C@H](N2Cc3cc(N4CCN(C5CC6CC(Oc7ccc([C@@H]8c9ccc(O)cc9CC[C@@H]8c8ccc(F)cc8)cc7)CC6C5)CC4)ccc3C2=O)C(=O)N1. The first-order chi connectivity index (χ1) is 27.7. The third kappa shape index (κ3) is 6.88. The minimum absolute atomic E-state index is 0.0478. The Morgan fingerprint density at radius 1 is 0.772 bits per heavy atom. The topological polar surface area (TPSA) is 85.4 Å². The van der Waals surface area contributed by atoms with Crippen LogP contribution in [0.2, 0.25) is 0 Å². The van der Waals surface area contributed by atoms with Crippen molar-refractivity contribution in [2.75, 3.05) is 31.1 Å². The number of amides is 2. The van der Waals surface area contributed by atoms with Crippen molar-refractivity contribution in [3.05, 3.63) is 136 Å². The molecule has 3 aliphatic heterocycles. The van der Waals surface area contributed by atoms with Crippen LogP contribution in [0.5, 0.6) is 11.5 Å². The fourth-order valence-electron chi connectivity index (χ4n) is 11.3. The van der Waals surface area contributed by atoms with Gasteiger partial charge in [0.1, 0.15) is 23.4 Å². The van der Waals surface area contributed by atoms with Crippen LogP contribution in [0.4, 0.5) is 10.1 Å². The first-order valence-corrected chi connectivity index (χ1v) is 21.0. The number of halogens is 1. The lowest BCUT2D eigenvalue weighted by atomic mass is 9.69. The van der Waals surface area contributed by atoms with Gasteiger partial charge in [0.15, 0.2) is 0 Å². The highest BCUT2D eigenvalue weighted by atomic mass is 19.1. The van der Waals surface area contributed by atoms with E-state index in [1.807, 2.05) is 24.3 Å². The van der Waals surface area contributed by atoms with E-state index in [1.165, 1.54) is 29.5 Å². The summed E-state index contributed by atoms with van der Waals surface area (Å²) in [5, 5.41) is 13.0. The summed E-state index contributed by atoms with van der Waals surface area (Å²) in [5.74, 6) is 2.56. The Morgan fingerprint density at radius 3 is 2.25 bits per heavy atom. The quantitative estimate of drug-likeness (QED) is 0.199. The van der Waals surface area contributed by atoms with E-state index in [4.69, 9.17) is 4.74 Å². The van der Waals surface area contributed by atoms with Crippen molar-refractivity contribution >= 4 is 17.5 Å². The van der Waals surface area contributed by atoms with Gasteiger partial charge < -0.3 is 25.0 Å². The van der Waals surface area contributed by atoms with Crippen LogP contribution in [0, 0.1) is 17.7 Å². The van der Waals surface area contributed by atoms with Crippen molar-refractivity contribution in [3.63, 3.8) is 0 Å². The molecule has 6 aliphatic rings. The molecule has 294 valence electrons. The minimum Gasteiger partial charge on any atom is -0.508 e. The number of allylic oxidation sites excluding steroid dienone is 1. The van der Waals surface area contributed by atoms with Gasteiger partial charge in [-0.1, -0.05) is 36.9 Å². The summed E-state index contributed by atoms with van der Waals surface area (Å²) in [4.78, 5) is 32.8. The molecule has 3 aliphatic carbocycles. The molecule has 4 aromatic carbocycles. The second-order valence-corrected chi connectivity index (χ2v) is 17.4. The van der Waals surface area contributed by atoms with Gasteiger partial charge in [-0.05, 0) is 152 Å². The Hall–Kier alpha value is -5.15. The lowest BCUT2D eigenvalue weighted by molar-refractivity contribution is -0.126. The largest absolute Gasteiger partial charge is 0.508 e. The summed E-state index contributed by atoms with van der Waals surface area (Å²) in [7, 11) is 0. The summed E-state index contributed by atoms with van der Waals surface area (Å²) in [5.41, 5.74) is 8.39. The first-order valence-electron chi connectivity index (χ1n) is 21.0. The number of anilines is 1. The van der Waals surface area contributed by atoms with Crippen LogP contribution in [-0.2, 0) is 17.8 Å². The van der Waals surface area contributed by atoms with E-state index in [0.29, 0.717) is 43.0 Å². The maximum atomic E-state index is 13.9. The van der Waals surface area contributed by atoms with Crippen molar-refractivity contribution in [3.8, 4) is 11.5 Å². The van der Waals surface area contributed by atoms with Gasteiger partial charge in [-0.25, -0.2) is 4.39 Å². The third-order valence-corrected chi connectivity index (χ3v) is 14.2. The number of ether oxygens (including phenoxy) is 1. The zero-order valence-electron chi connectivity index (χ0n) is 32.4. The molecule has 2 N–H and O–H groups in total. The molecule has 0 bridgehead atoms. The van der Waals surface area contributed by atoms with Crippen molar-refractivity contribution in [1.82, 2.24) is 15.1 Å². The zero-order valence-corrected chi connectivity index (χ0v) is 32.4. The number of phenols is 1. The minimum atomic E-state index is -0.436. The van der Waals surface area contributed by atoms with Crippen molar-refractivity contribution in [1.29, 1.82) is 0 Å². The molecule has 4 aromatic rings. The maximum absolute atomic E-state index is 13.9. The number of hydrogen-bond acceptors (Lipinski definition) is 6. The van der Waals surface area contributed by atoms with Crippen LogP contribution in [0.1, 0.15) is 95.0 Å². The van der Waals surface area contributed by atoms with Crippen LogP contribution < -0.4 is 15.0 Å². The lowest BCUT2D eigenvalue weighted by Crippen LogP contribution is -2.50. The second kappa shape index (κ2) is 14.7. The molecule has 2 amide bonds. The van der Waals surface area contributed by atoms with Gasteiger partial charge in [-0.3, -0.25) is 14.5 Å². The van der Waals surface area contributed by atoms with Crippen molar-refractivity contribution in [2.45, 2.75) is 87.9 Å². The fraction of sp³-hybridized carbons (Fsp3) is 0.417. The molecular formula is C48H51FN4O4. The second-order valence-electron chi connectivity index (χ2n) is 17.4. The van der Waals surface area contributed by atoms with Gasteiger partial charge in [-0.2, -0.15) is 0 Å². The Balaban J connectivity index is 0.730. The molecule has 0 aromatic heterocycles. The van der Waals surface area contributed by atoms with Gasteiger partial charge in [-0.15, -0.1) is 0 Å². The number of aromatic hydroxyl groups is 1. The summed E-state index contributed by atoms with van der Waals surface area (Å²) in [6.45, 7) is 8.38. The molecule has 10 rings (SSSR count). The third-order valence-electron chi connectivity index (χ3n) is 14.2. The standard InChI is InChI=1S/C48H51FN4O4/c1-29-2-17-45(47(55)50-29)53-28-35-24-37(10-15-44(35)48(53)56)51-18-20-52(21-19-51)38-22-33-26-41(27-34(33)23-38)57-40-12-5-31(6-13-40)46-42(30-3-8-36(49)9-4-30)14-7-32-25-39(54)11-16-43(32)46/h3-6,8-13,15-16,24-25,33-34,38,41-42,45-46,54H,1-2,7,14,17-23,26-28H2,(H,50,55)/t33?,34?,38?,41?,42-,45+,46+/m1/s1. The van der Waals surface area contributed by atoms with Crippen LogP contribution in [0.15, 0.2) is 97.2 Å². The van der Waals surface area contributed by atoms with E-state index in [2.05, 4.69) is 64.2 Å². The molecule has 57 heavy (non-hydrogen) atoms. The van der Waals surface area contributed by atoms with Gasteiger partial charge >= 0.3 is 0 Å². The van der Waals surface area contributed by atoms with Gasteiger partial charge in [0, 0.05) is 61.6 Å². The van der Waals surface area contributed by atoms with Crippen molar-refractivity contribution < 1.29 is 23.8 Å². The summed E-state index contributed by atoms with van der Waals surface area (Å²) >= 11 is 0. The lowest BCUT2D eigenvalue weighted by Gasteiger charge is -2.39. The Bertz CT molecular complexity index is 2180. The van der Waals surface area contributed by atoms with Crippen molar-refractivity contribution in [2.24, 2.45) is 11.8 Å². The molecule has 0 spiro atoms. The Morgan fingerprint density at radius 2 is 1.51 bits per heavy atom. The highest BCUT2D eigenvalue weighted by Gasteiger charge is 2.45. The Kier molecular flexibility index (Phi) is 9.31. The molecule has 5 atom stereocenters. The van der Waals surface area contributed by atoms with Crippen LogP contribution in [-0.4, -0.2) is 71.1 Å². The van der Waals surface area contributed by atoms with Gasteiger partial charge in [0.2, 0.25) is 5.91 Å². The summed E-state index contributed by atoms with van der Waals surface area (Å²) in [6.07, 6.45) is 8.07. The highest BCUT2D eigenvalue weighted by Crippen LogP contribution is 2.49. The molecule has 4 fully saturated rings. The number of benzene rings is 4. The van der Waals surface area contributed by atoms with E-state index in [9.17, 15) is 19.1 Å². The number of phenolic OH excluding ortho intramolecular Hbond substituents is 1. The van der Waals surface area contributed by atoms with Crippen LogP contribution in [0.25, 0.3) is 0 Å². The van der Waals surface area contributed by atoms with Crippen LogP contribution >= 0.6 is 0 Å². The predicted octanol–water partition coefficient (Wildman–Crippen LogP) is 7.90. The highest BCUT2D eigenvalue weighted by molar-refractivity contribution is 6.01. The number of nitrogens with zero attached hydrogens (tertiary/aromatic N) is 3. The number of carbonyl (C=O) groups excluding carboxylic acids is 2. The van der Waals surface area contributed by atoms with E-state index in [-0.39, 0.29) is 35.6 Å². The number of nitrogens with one attached hydrogen (secondary N) is 1. The van der Waals surface area contributed by atoms with E-state index in [1.54, 1.807) is 23.1 Å². The smallest absolute Gasteiger partial charge is 0.255 e. The molecule has 3 heterocycles. The summed E-state index contributed by atoms with van der Waals surface area (Å²) in [6, 6.07) is 27.8. The maximum Gasteiger partial charge on any atom is 0.255 e. The van der Waals surface area contributed by atoms with Crippen LogP contribution in [0.3, 0.4) is 0 Å². The molecule has 2 unspecified atom stereocenters. The number of hydrogen-bond donors (Lipinski definition) is 2. The van der Waals surface area contributed by atoms with E-state index in [0.717, 1.165) is 85.7 Å². The fourth-order valence-corrected chi connectivity index (χ4v) is 11.3. The molecule has 0 radical (unpaired) electrons. The molecule has 2 saturated heterocycles. The number of aryl methyl sites for hydroxylation is 1. The average Bonchev–Trinajstić information content (AvgIpc) is 3.89. The normalized spacial score (nSPS) is 28.6. The number of rotatable bonds is 7. The number of fused-ring (bicyclic) bond motifs is 3. The van der Waals surface area contributed by atoms with Gasteiger partial charge in [0.05, 0.1) is 6.10 Å². The Labute approximate surface area is 334 Å². The number of carbonyl (C=O) groups is 2. The molecule has 8 nitrogen and oxygen atoms in total. The average molecular weight is 767 g/mol. The summed E-state index contributed by atoms with van der Waals surface area (Å²) < 4.78 is 20.5. The van der Waals surface area contributed by atoms with E-state index < -0.39 is 6.04 Å². The number of piperazine rings is 1. The monoisotopic (exact) mass is 766 g/mol. The molecule has 2 saturated carbocycles. The van der Waals surface area contributed by atoms with E-state index >= 15 is 0 Å². The van der Waals surface area contributed by atoms with Gasteiger partial charge in [0.25, 0.3) is 5.91 Å². The predicted molar refractivity (Wildman–Crippen MR) is 218 cm³/mol.